The Morgan fingerprint density at radius 2 is 0.976 bits per heavy atom. The van der Waals surface area contributed by atoms with Crippen LogP contribution in [0, 0.1) is 5.92 Å². The van der Waals surface area contributed by atoms with Crippen molar-refractivity contribution in [3.05, 3.63) is 12.2 Å². The van der Waals surface area contributed by atoms with Gasteiger partial charge in [0.25, 0.3) is 0 Å². The van der Waals surface area contributed by atoms with Crippen LogP contribution in [0.3, 0.4) is 0 Å². The first kappa shape index (κ1) is 39.7. The predicted molar refractivity (Wildman–Crippen MR) is 176 cm³/mol. The Morgan fingerprint density at radius 1 is 0.561 bits per heavy atom. The zero-order valence-corrected chi connectivity index (χ0v) is 27.6. The zero-order valence-electron chi connectivity index (χ0n) is 27.6. The van der Waals surface area contributed by atoms with Crippen LogP contribution in [-0.4, -0.2) is 23.7 Å². The fourth-order valence-corrected chi connectivity index (χ4v) is 5.52. The van der Waals surface area contributed by atoms with Gasteiger partial charge in [-0.1, -0.05) is 167 Å². The Hall–Kier alpha value is -1.32. The minimum absolute atomic E-state index is 0.0358. The Bertz CT molecular complexity index is 585. The molecule has 0 saturated carbocycles. The average Bonchev–Trinajstić information content (AvgIpc) is 2.96. The van der Waals surface area contributed by atoms with Crippen LogP contribution in [0.4, 0.5) is 0 Å². The van der Waals surface area contributed by atoms with E-state index in [0.717, 1.165) is 57.8 Å². The smallest absolute Gasteiger partial charge is 0.305 e. The Morgan fingerprint density at radius 3 is 1.46 bits per heavy atom. The largest absolute Gasteiger partial charge is 0.481 e. The van der Waals surface area contributed by atoms with Gasteiger partial charge in [0, 0.05) is 18.8 Å². The number of carboxylic acids is 1. The normalized spacial score (nSPS) is 12.2. The second-order valence-corrected chi connectivity index (χ2v) is 12.5. The van der Waals surface area contributed by atoms with Crippen LogP contribution in [0.2, 0.25) is 0 Å². The highest BCUT2D eigenvalue weighted by atomic mass is 16.5. The molecule has 1 unspecified atom stereocenters. The van der Waals surface area contributed by atoms with Gasteiger partial charge in [0.15, 0.2) is 0 Å². The molecule has 0 bridgehead atoms. The number of carbonyl (C=O) groups excluding carboxylic acids is 1. The van der Waals surface area contributed by atoms with Gasteiger partial charge in [-0.25, -0.2) is 0 Å². The molecule has 0 aromatic heterocycles. The van der Waals surface area contributed by atoms with E-state index in [-0.39, 0.29) is 12.4 Å². The lowest BCUT2D eigenvalue weighted by Gasteiger charge is -2.14. The van der Waals surface area contributed by atoms with Crippen molar-refractivity contribution in [2.75, 3.05) is 6.61 Å². The van der Waals surface area contributed by atoms with Gasteiger partial charge in [-0.05, 0) is 32.1 Å². The Balaban J connectivity index is 3.92. The lowest BCUT2D eigenvalue weighted by molar-refractivity contribution is -0.144. The van der Waals surface area contributed by atoms with E-state index in [2.05, 4.69) is 26.0 Å². The van der Waals surface area contributed by atoms with Crippen molar-refractivity contribution in [3.8, 4) is 0 Å². The van der Waals surface area contributed by atoms with E-state index >= 15 is 0 Å². The molecule has 0 amide bonds. The summed E-state index contributed by atoms with van der Waals surface area (Å²) < 4.78 is 5.70. The Labute approximate surface area is 255 Å². The van der Waals surface area contributed by atoms with Crippen molar-refractivity contribution >= 4 is 11.9 Å². The highest BCUT2D eigenvalue weighted by molar-refractivity contribution is 5.69. The molecule has 1 N–H and O–H groups in total. The molecule has 0 radical (unpaired) electrons. The summed E-state index contributed by atoms with van der Waals surface area (Å²) in [5, 5.41) is 8.77. The molecule has 1 atom stereocenters. The van der Waals surface area contributed by atoms with Gasteiger partial charge >= 0.3 is 11.9 Å². The van der Waals surface area contributed by atoms with Crippen molar-refractivity contribution in [1.82, 2.24) is 0 Å². The summed E-state index contributed by atoms with van der Waals surface area (Å²) in [5.74, 6) is -0.433. The van der Waals surface area contributed by atoms with E-state index in [1.807, 2.05) is 0 Å². The van der Waals surface area contributed by atoms with E-state index in [9.17, 15) is 9.59 Å². The van der Waals surface area contributed by atoms with Gasteiger partial charge in [-0.3, -0.25) is 9.59 Å². The van der Waals surface area contributed by atoms with E-state index in [1.54, 1.807) is 0 Å². The number of hydrogen-bond acceptors (Lipinski definition) is 3. The van der Waals surface area contributed by atoms with Crippen LogP contribution < -0.4 is 0 Å². The predicted octanol–water partition coefficient (Wildman–Crippen LogP) is 12.1. The molecule has 0 heterocycles. The van der Waals surface area contributed by atoms with Gasteiger partial charge in [-0.15, -0.1) is 0 Å². The van der Waals surface area contributed by atoms with Crippen LogP contribution >= 0.6 is 0 Å². The molecule has 0 rings (SSSR count). The number of carboxylic acid groups (broad SMARTS) is 1. The second-order valence-electron chi connectivity index (χ2n) is 12.5. The van der Waals surface area contributed by atoms with Gasteiger partial charge in [0.05, 0.1) is 6.61 Å². The topological polar surface area (TPSA) is 63.6 Å². The number of rotatable bonds is 33. The molecule has 4 heteroatoms. The van der Waals surface area contributed by atoms with Gasteiger partial charge in [0.1, 0.15) is 0 Å². The summed E-state index contributed by atoms with van der Waals surface area (Å²) in [6.45, 7) is 5.03. The summed E-state index contributed by atoms with van der Waals surface area (Å²) in [4.78, 5) is 23.0. The molecule has 0 fully saturated rings. The Kier molecular flexibility index (Phi) is 32.1. The monoisotopic (exact) mass is 579 g/mol. The van der Waals surface area contributed by atoms with Crippen molar-refractivity contribution < 1.29 is 19.4 Å². The van der Waals surface area contributed by atoms with Crippen molar-refractivity contribution in [3.63, 3.8) is 0 Å². The maximum Gasteiger partial charge on any atom is 0.305 e. The fraction of sp³-hybridized carbons (Fsp3) is 0.892. The molecule has 0 aromatic carbocycles. The number of unbranched alkanes of at least 4 members (excludes halogenated alkanes) is 23. The molecular weight excluding hydrogens is 508 g/mol. The number of ether oxygens (including phenoxy) is 1. The number of allylic oxidation sites excluding steroid dienone is 1. The molecule has 0 spiro atoms. The minimum atomic E-state index is -0.698. The molecule has 0 saturated heterocycles. The highest BCUT2D eigenvalue weighted by Crippen LogP contribution is 2.17. The molecule has 0 aromatic rings. The highest BCUT2D eigenvalue weighted by Gasteiger charge is 2.10. The molecular formula is C37H70O4. The minimum Gasteiger partial charge on any atom is -0.481 e. The first-order valence-corrected chi connectivity index (χ1v) is 18.1. The van der Waals surface area contributed by atoms with Crippen LogP contribution in [0.1, 0.15) is 200 Å². The maximum absolute atomic E-state index is 12.4. The first-order valence-electron chi connectivity index (χ1n) is 18.1. The van der Waals surface area contributed by atoms with Crippen molar-refractivity contribution in [2.45, 2.75) is 200 Å². The lowest BCUT2D eigenvalue weighted by atomic mass is 9.99. The van der Waals surface area contributed by atoms with E-state index in [4.69, 9.17) is 9.84 Å². The van der Waals surface area contributed by atoms with Crippen molar-refractivity contribution in [1.29, 1.82) is 0 Å². The third kappa shape index (κ3) is 33.1. The molecule has 242 valence electrons. The van der Waals surface area contributed by atoms with E-state index in [0.29, 0.717) is 18.9 Å². The number of hydrogen-bond donors (Lipinski definition) is 1. The van der Waals surface area contributed by atoms with Gasteiger partial charge in [-0.2, -0.15) is 0 Å². The standard InChI is InChI=1S/C37H70O4/c1-3-5-7-9-11-12-13-14-15-16-17-18-20-25-29-33-37(40)41-34-35(30-26-22-19-10-8-6-4-2)31-27-23-21-24-28-32-36(38)39/h26,30,35H,3-25,27-29,31-34H2,1-2H3,(H,38,39). The molecule has 41 heavy (non-hydrogen) atoms. The summed E-state index contributed by atoms with van der Waals surface area (Å²) in [6, 6.07) is 0. The zero-order chi connectivity index (χ0) is 30.1. The van der Waals surface area contributed by atoms with E-state index < -0.39 is 5.97 Å². The quantitative estimate of drug-likeness (QED) is 0.0478. The fourth-order valence-electron chi connectivity index (χ4n) is 5.52. The van der Waals surface area contributed by atoms with Gasteiger partial charge in [0.2, 0.25) is 0 Å². The molecule has 0 aliphatic rings. The summed E-state index contributed by atoms with van der Waals surface area (Å²) >= 11 is 0. The van der Waals surface area contributed by atoms with Crippen LogP contribution in [0.25, 0.3) is 0 Å². The summed E-state index contributed by atoms with van der Waals surface area (Å²) in [5.41, 5.74) is 0. The summed E-state index contributed by atoms with van der Waals surface area (Å²) in [6.07, 6.45) is 39.1. The lowest BCUT2D eigenvalue weighted by Crippen LogP contribution is -2.13. The van der Waals surface area contributed by atoms with Crippen LogP contribution in [0.5, 0.6) is 0 Å². The molecule has 4 nitrogen and oxygen atoms in total. The number of aliphatic carboxylic acids is 1. The maximum atomic E-state index is 12.4. The van der Waals surface area contributed by atoms with Crippen molar-refractivity contribution in [2.24, 2.45) is 5.92 Å². The summed E-state index contributed by atoms with van der Waals surface area (Å²) in [7, 11) is 0. The molecule has 0 aliphatic carbocycles. The van der Waals surface area contributed by atoms with E-state index in [1.165, 1.54) is 116 Å². The third-order valence-corrected chi connectivity index (χ3v) is 8.29. The number of carbonyl (C=O) groups is 2. The SMILES string of the molecule is CCCCCCCC=CC(CCCCCCCC(=O)O)COC(=O)CCCCCCCCCCCCCCCCC. The van der Waals surface area contributed by atoms with Crippen LogP contribution in [0.15, 0.2) is 12.2 Å². The van der Waals surface area contributed by atoms with Gasteiger partial charge < -0.3 is 9.84 Å². The van der Waals surface area contributed by atoms with Crippen LogP contribution in [-0.2, 0) is 14.3 Å². The third-order valence-electron chi connectivity index (χ3n) is 8.29. The first-order chi connectivity index (χ1) is 20.1. The average molecular weight is 579 g/mol. The number of esters is 1. The second kappa shape index (κ2) is 33.2. The molecule has 0 aliphatic heterocycles.